The lowest BCUT2D eigenvalue weighted by molar-refractivity contribution is -0.737. The first-order valence-electron chi connectivity index (χ1n) is 7.42. The summed E-state index contributed by atoms with van der Waals surface area (Å²) in [6.07, 6.45) is 1.30. The number of halogens is 1. The van der Waals surface area contributed by atoms with Gasteiger partial charge in [-0.25, -0.2) is 18.0 Å². The number of benzene rings is 2. The molecule has 0 spiro atoms. The van der Waals surface area contributed by atoms with E-state index in [-0.39, 0.29) is 15.6 Å². The Morgan fingerprint density at radius 3 is 2.23 bits per heavy atom. The van der Waals surface area contributed by atoms with E-state index in [1.807, 2.05) is 0 Å². The van der Waals surface area contributed by atoms with Crippen LogP contribution >= 0.6 is 0 Å². The fourth-order valence-corrected chi connectivity index (χ4v) is 3.72. The van der Waals surface area contributed by atoms with Gasteiger partial charge in [0.1, 0.15) is 10.7 Å². The molecule has 1 N–H and O–H groups in total. The van der Waals surface area contributed by atoms with Gasteiger partial charge in [-0.2, -0.15) is 0 Å². The topological polar surface area (TPSA) is 87.6 Å². The van der Waals surface area contributed by atoms with Crippen molar-refractivity contribution in [3.8, 4) is 0 Å². The predicted octanol–water partition coefficient (Wildman–Crippen LogP) is 4.19. The summed E-state index contributed by atoms with van der Waals surface area (Å²) in [6, 6.07) is 15.3. The first-order valence-corrected chi connectivity index (χ1v) is 8.90. The Bertz CT molecular complexity index is 1070. The largest absolute Gasteiger partial charge is 0.480 e. The van der Waals surface area contributed by atoms with Crippen molar-refractivity contribution in [1.29, 1.82) is 0 Å². The zero-order valence-corrected chi connectivity index (χ0v) is 14.1. The van der Waals surface area contributed by atoms with Gasteiger partial charge in [0.15, 0.2) is 5.76 Å². The lowest BCUT2D eigenvalue weighted by Crippen LogP contribution is -2.03. The molecule has 0 unspecified atom stereocenters. The Kier molecular flexibility index (Phi) is 4.68. The highest BCUT2D eigenvalue weighted by atomic mass is 32.2. The average Bonchev–Trinajstić information content (AvgIpc) is 3.12. The van der Waals surface area contributed by atoms with Crippen molar-refractivity contribution < 1.29 is 27.4 Å². The standard InChI is InChI=1S/C18H13FNO5S/c19-14-8-6-13(7-9-14)12-17(16-10-11-18(25-16)20(21)22)26(23,24)15-4-2-1-3-5-15/h1-12H,(H,21,22)/q+1/b17-12+. The van der Waals surface area contributed by atoms with Crippen molar-refractivity contribution >= 4 is 26.7 Å². The smallest absolute Gasteiger partial charge is 0.397 e. The summed E-state index contributed by atoms with van der Waals surface area (Å²) in [5.74, 6) is -1.06. The molecule has 0 radical (unpaired) electrons. The summed E-state index contributed by atoms with van der Waals surface area (Å²) >= 11 is 0. The molecule has 0 amide bonds. The fraction of sp³-hybridized carbons (Fsp3) is 0. The summed E-state index contributed by atoms with van der Waals surface area (Å²) in [4.78, 5) is 10.2. The minimum atomic E-state index is -4.00. The van der Waals surface area contributed by atoms with Crippen LogP contribution in [0, 0.1) is 10.7 Å². The molecule has 1 heterocycles. The number of hydrogen-bond acceptors (Lipinski definition) is 4. The molecule has 0 saturated heterocycles. The second-order valence-corrected chi connectivity index (χ2v) is 7.21. The molecule has 0 saturated carbocycles. The first kappa shape index (κ1) is 17.6. The van der Waals surface area contributed by atoms with Crippen molar-refractivity contribution in [2.75, 3.05) is 0 Å². The predicted molar refractivity (Wildman–Crippen MR) is 91.7 cm³/mol. The normalized spacial score (nSPS) is 12.1. The summed E-state index contributed by atoms with van der Waals surface area (Å²) < 4.78 is 44.3. The molecule has 26 heavy (non-hydrogen) atoms. The Morgan fingerprint density at radius 2 is 1.65 bits per heavy atom. The quantitative estimate of drug-likeness (QED) is 0.677. The Balaban J connectivity index is 2.18. The van der Waals surface area contributed by atoms with Gasteiger partial charge in [0.25, 0.3) is 4.92 Å². The molecular weight excluding hydrogens is 361 g/mol. The van der Waals surface area contributed by atoms with Crippen LogP contribution in [0.25, 0.3) is 11.0 Å². The van der Waals surface area contributed by atoms with E-state index < -0.39 is 26.5 Å². The monoisotopic (exact) mass is 374 g/mol. The van der Waals surface area contributed by atoms with E-state index in [0.717, 1.165) is 6.07 Å². The van der Waals surface area contributed by atoms with Gasteiger partial charge in [0.05, 0.1) is 15.9 Å². The van der Waals surface area contributed by atoms with Gasteiger partial charge in [0.2, 0.25) is 9.84 Å². The molecule has 6 nitrogen and oxygen atoms in total. The highest BCUT2D eigenvalue weighted by Gasteiger charge is 2.28. The van der Waals surface area contributed by atoms with Crippen LogP contribution in [0.4, 0.5) is 10.3 Å². The van der Waals surface area contributed by atoms with Crippen molar-refractivity contribution in [2.24, 2.45) is 0 Å². The molecular formula is C18H13FNO5S+. The molecule has 1 aromatic heterocycles. The van der Waals surface area contributed by atoms with Gasteiger partial charge in [0, 0.05) is 0 Å². The maximum absolute atomic E-state index is 13.1. The van der Waals surface area contributed by atoms with Crippen LogP contribution in [0.2, 0.25) is 0 Å². The molecule has 0 aliphatic heterocycles. The summed E-state index contributed by atoms with van der Waals surface area (Å²) in [7, 11) is -4.00. The highest BCUT2D eigenvalue weighted by Crippen LogP contribution is 2.32. The summed E-state index contributed by atoms with van der Waals surface area (Å²) in [5, 5.41) is 8.93. The Morgan fingerprint density at radius 1 is 1.00 bits per heavy atom. The Labute approximate surface area is 148 Å². The van der Waals surface area contributed by atoms with Crippen LogP contribution in [-0.4, -0.2) is 18.5 Å². The second kappa shape index (κ2) is 6.93. The molecule has 0 fully saturated rings. The third kappa shape index (κ3) is 3.55. The lowest BCUT2D eigenvalue weighted by atomic mass is 10.2. The summed E-state index contributed by atoms with van der Waals surface area (Å²) in [6.45, 7) is 0. The second-order valence-electron chi connectivity index (χ2n) is 5.29. The van der Waals surface area contributed by atoms with E-state index in [1.165, 1.54) is 48.5 Å². The molecule has 0 aliphatic rings. The molecule has 2 aromatic carbocycles. The van der Waals surface area contributed by atoms with Gasteiger partial charge in [-0.3, -0.25) is 0 Å². The maximum Gasteiger partial charge on any atom is 0.480 e. The maximum atomic E-state index is 13.1. The molecule has 8 heteroatoms. The van der Waals surface area contributed by atoms with E-state index in [9.17, 15) is 17.7 Å². The van der Waals surface area contributed by atoms with E-state index in [2.05, 4.69) is 0 Å². The Hall–Kier alpha value is -3.26. The highest BCUT2D eigenvalue weighted by molar-refractivity contribution is 8.00. The number of sulfone groups is 1. The third-order valence-electron chi connectivity index (χ3n) is 3.53. The van der Waals surface area contributed by atoms with E-state index >= 15 is 0 Å². The van der Waals surface area contributed by atoms with Crippen molar-refractivity contribution in [2.45, 2.75) is 4.90 Å². The zero-order valence-electron chi connectivity index (χ0n) is 13.2. The molecule has 132 valence electrons. The fourth-order valence-electron chi connectivity index (χ4n) is 2.28. The van der Waals surface area contributed by atoms with E-state index in [4.69, 9.17) is 9.62 Å². The number of furan rings is 1. The average molecular weight is 374 g/mol. The van der Waals surface area contributed by atoms with E-state index in [0.29, 0.717) is 5.56 Å². The first-order chi connectivity index (χ1) is 12.4. The zero-order chi connectivity index (χ0) is 18.7. The minimum absolute atomic E-state index is 0.0225. The van der Waals surface area contributed by atoms with Crippen LogP contribution < -0.4 is 0 Å². The van der Waals surface area contributed by atoms with Crippen LogP contribution in [0.5, 0.6) is 0 Å². The number of rotatable bonds is 5. The van der Waals surface area contributed by atoms with Crippen molar-refractivity contribution in [1.82, 2.24) is 0 Å². The van der Waals surface area contributed by atoms with Gasteiger partial charge in [-0.1, -0.05) is 30.3 Å². The van der Waals surface area contributed by atoms with Gasteiger partial charge < -0.3 is 4.42 Å². The van der Waals surface area contributed by atoms with Crippen LogP contribution in [0.3, 0.4) is 0 Å². The van der Waals surface area contributed by atoms with Crippen LogP contribution in [-0.2, 0) is 9.84 Å². The van der Waals surface area contributed by atoms with Crippen LogP contribution in [0.15, 0.2) is 76.0 Å². The van der Waals surface area contributed by atoms with Gasteiger partial charge in [-0.05, 0) is 42.0 Å². The molecule has 3 rings (SSSR count). The minimum Gasteiger partial charge on any atom is -0.397 e. The lowest BCUT2D eigenvalue weighted by Gasteiger charge is -2.07. The number of nitrogens with zero attached hydrogens (tertiary/aromatic N) is 1. The van der Waals surface area contributed by atoms with Gasteiger partial charge in [-0.15, -0.1) is 0 Å². The molecule has 3 aromatic rings. The van der Waals surface area contributed by atoms with Gasteiger partial charge >= 0.3 is 5.88 Å². The van der Waals surface area contributed by atoms with Crippen molar-refractivity contribution in [3.63, 3.8) is 0 Å². The molecule has 0 bridgehead atoms. The molecule has 0 aliphatic carbocycles. The SMILES string of the molecule is O=[N+](O)c1ccc(/C(=C\c2ccc(F)cc2)S(=O)(=O)c2ccccc2)o1. The van der Waals surface area contributed by atoms with Crippen molar-refractivity contribution in [3.05, 3.63) is 88.8 Å². The number of hydrogen-bond donors (Lipinski definition) is 1. The molecule has 0 atom stereocenters. The van der Waals surface area contributed by atoms with E-state index in [1.54, 1.807) is 18.2 Å². The summed E-state index contributed by atoms with van der Waals surface area (Å²) in [5.41, 5.74) is 0.418. The third-order valence-corrected chi connectivity index (χ3v) is 5.32. The van der Waals surface area contributed by atoms with Crippen LogP contribution in [0.1, 0.15) is 11.3 Å².